The molecule has 4 nitrogen and oxygen atoms in total. The molecule has 0 saturated carbocycles. The topological polar surface area (TPSA) is 80.9 Å². The molecule has 0 spiro atoms. The third kappa shape index (κ3) is 82.3. The number of hydrogen-bond acceptors (Lipinski definition) is 4. The Kier molecular flexibility index (Phi) is 13.4. The fourth-order valence-corrected chi connectivity index (χ4v) is 0. The van der Waals surface area contributed by atoms with Crippen LogP contribution in [0.5, 0.6) is 0 Å². The molecule has 0 atom stereocenters. The van der Waals surface area contributed by atoms with Crippen LogP contribution in [0.25, 0.3) is 0 Å². The van der Waals surface area contributed by atoms with E-state index in [0.29, 0.717) is 0 Å². The molecule has 0 unspecified atom stereocenters. The minimum atomic E-state index is -5.00. The van der Waals surface area contributed by atoms with Crippen LogP contribution in [0.1, 0.15) is 0 Å². The molecule has 0 aromatic rings. The van der Waals surface area contributed by atoms with Crippen molar-refractivity contribution in [3.8, 4) is 0 Å². The van der Waals surface area contributed by atoms with Gasteiger partial charge in [-0.05, 0) is 0 Å². The van der Waals surface area contributed by atoms with Crippen molar-refractivity contribution in [2.45, 2.75) is 0 Å². The van der Waals surface area contributed by atoms with Gasteiger partial charge < -0.3 is 0 Å². The van der Waals surface area contributed by atoms with Crippen molar-refractivity contribution in [1.82, 2.24) is 0 Å². The predicted molar refractivity (Wildman–Crippen MR) is 16.0 cm³/mol. The van der Waals surface area contributed by atoms with Gasteiger partial charge in [-0.3, -0.25) is 0 Å². The van der Waals surface area contributed by atoms with Crippen LogP contribution in [-0.4, -0.2) is 33.6 Å². The summed E-state index contributed by atoms with van der Waals surface area (Å²) in [4.78, 5) is 0. The largest absolute Gasteiger partial charge is 0 e. The van der Waals surface area contributed by atoms with Crippen LogP contribution in [0.15, 0.2) is 0 Å². The fraction of sp³-hybridized carbons (Fsp3) is 0. The molecule has 0 bridgehead atoms. The molecule has 0 aliphatic rings. The summed E-state index contributed by atoms with van der Waals surface area (Å²) in [5.41, 5.74) is 0. The molecule has 0 aliphatic heterocycles. The van der Waals surface area contributed by atoms with Gasteiger partial charge in [-0.1, -0.05) is 0 Å². The molecule has 4 N–H and O–H groups in total. The van der Waals surface area contributed by atoms with E-state index in [9.17, 15) is 0 Å². The Bertz CT molecular complexity index is 27.2. The second kappa shape index (κ2) is 5.90. The molecular formula is H5LiO4TiZn. The second-order valence-corrected chi connectivity index (χ2v) is 2.47. The third-order valence-electron chi connectivity index (χ3n) is 0. The molecule has 0 aliphatic carbocycles. The van der Waals surface area contributed by atoms with Gasteiger partial charge >= 0.3 is 51.8 Å². The molecular weight excluding hydrogens is 184 g/mol. The first kappa shape index (κ1) is 15.9. The first-order valence-electron chi connectivity index (χ1n) is 0.894. The van der Waals surface area contributed by atoms with Crippen LogP contribution in [0, 0.1) is 0 Å². The van der Waals surface area contributed by atoms with Crippen molar-refractivity contribution >= 4 is 18.9 Å². The van der Waals surface area contributed by atoms with Gasteiger partial charge in [0.15, 0.2) is 0 Å². The van der Waals surface area contributed by atoms with Gasteiger partial charge in [-0.2, -0.15) is 0 Å². The number of rotatable bonds is 0. The standard InChI is InChI=1S/Li.4H2O.Ti.Zn.H/h;4*1H2;;;/q;;;;;+4;;/p-4. The monoisotopic (exact) mass is 188 g/mol. The summed E-state index contributed by atoms with van der Waals surface area (Å²) in [6.07, 6.45) is 0. The van der Waals surface area contributed by atoms with Crippen molar-refractivity contribution < 1.29 is 52.4 Å². The van der Waals surface area contributed by atoms with Crippen LogP contribution in [0.2, 0.25) is 0 Å². The van der Waals surface area contributed by atoms with Crippen LogP contribution in [-0.2, 0) is 37.6 Å². The Hall–Kier alpha value is 1.78. The second-order valence-electron chi connectivity index (χ2n) is 0.600. The summed E-state index contributed by atoms with van der Waals surface area (Å²) < 4.78 is 29.5. The summed E-state index contributed by atoms with van der Waals surface area (Å²) in [7, 11) is 0. The van der Waals surface area contributed by atoms with Crippen LogP contribution < -0.4 is 0 Å². The SMILES string of the molecule is [LiH].[OH][Ti]([OH])([OH])[OH].[Zn]. The zero-order valence-corrected chi connectivity index (χ0v) is 7.52. The molecule has 7 heavy (non-hydrogen) atoms. The Morgan fingerprint density at radius 1 is 0.857 bits per heavy atom. The molecule has 36 valence electrons. The molecule has 0 heterocycles. The van der Waals surface area contributed by atoms with Gasteiger partial charge in [-0.25, -0.2) is 0 Å². The average Bonchev–Trinajstić information content (AvgIpc) is 0.722. The summed E-state index contributed by atoms with van der Waals surface area (Å²) >= 11 is -5.00. The van der Waals surface area contributed by atoms with E-state index in [4.69, 9.17) is 14.8 Å². The van der Waals surface area contributed by atoms with Gasteiger partial charge in [0, 0.05) is 19.5 Å². The quantitative estimate of drug-likeness (QED) is 0.309. The molecule has 0 amide bonds. The van der Waals surface area contributed by atoms with Gasteiger partial charge in [0.2, 0.25) is 0 Å². The van der Waals surface area contributed by atoms with E-state index in [1.54, 1.807) is 0 Å². The predicted octanol–water partition coefficient (Wildman–Crippen LogP) is -2.88. The fourth-order valence-electron chi connectivity index (χ4n) is 0. The Balaban J connectivity index is -0.0000000800. The van der Waals surface area contributed by atoms with E-state index in [-0.39, 0.29) is 38.3 Å². The van der Waals surface area contributed by atoms with Gasteiger partial charge in [0.25, 0.3) is 0 Å². The summed E-state index contributed by atoms with van der Waals surface area (Å²) in [6.45, 7) is 0. The van der Waals surface area contributed by atoms with Crippen molar-refractivity contribution in [2.75, 3.05) is 0 Å². The van der Waals surface area contributed by atoms with Crippen molar-refractivity contribution in [1.29, 1.82) is 0 Å². The first-order chi connectivity index (χ1) is 2.00. The molecule has 0 saturated heterocycles. The molecule has 0 aromatic carbocycles. The smallest absolute Gasteiger partial charge is 0 e. The molecule has 0 rings (SSSR count). The maximum atomic E-state index is 7.38. The first-order valence-corrected chi connectivity index (χ1v) is 3.69. The third-order valence-corrected chi connectivity index (χ3v) is 0. The van der Waals surface area contributed by atoms with Gasteiger partial charge in [0.05, 0.1) is 0 Å². The van der Waals surface area contributed by atoms with Gasteiger partial charge in [0.1, 0.15) is 0 Å². The Morgan fingerprint density at radius 3 is 0.857 bits per heavy atom. The summed E-state index contributed by atoms with van der Waals surface area (Å²) in [6, 6.07) is 0. The van der Waals surface area contributed by atoms with Gasteiger partial charge in [-0.15, -0.1) is 0 Å². The van der Waals surface area contributed by atoms with E-state index in [2.05, 4.69) is 0 Å². The maximum absolute atomic E-state index is 7.38. The molecule has 7 heteroatoms. The van der Waals surface area contributed by atoms with E-state index >= 15 is 0 Å². The van der Waals surface area contributed by atoms with E-state index in [1.807, 2.05) is 0 Å². The summed E-state index contributed by atoms with van der Waals surface area (Å²) in [5.74, 6) is 0. The minimum Gasteiger partial charge on any atom is 0 e. The average molecular weight is 189 g/mol. The van der Waals surface area contributed by atoms with Crippen molar-refractivity contribution in [3.05, 3.63) is 0 Å². The van der Waals surface area contributed by atoms with Crippen LogP contribution >= 0.6 is 0 Å². The van der Waals surface area contributed by atoms with Crippen molar-refractivity contribution in [2.24, 2.45) is 0 Å². The van der Waals surface area contributed by atoms with E-state index < -0.39 is 18.1 Å². The van der Waals surface area contributed by atoms with E-state index in [0.717, 1.165) is 0 Å². The van der Waals surface area contributed by atoms with Crippen molar-refractivity contribution in [3.63, 3.8) is 0 Å². The molecule has 0 radical (unpaired) electrons. The van der Waals surface area contributed by atoms with E-state index in [1.165, 1.54) is 0 Å². The molecule has 0 fully saturated rings. The Labute approximate surface area is 70.7 Å². The minimum absolute atomic E-state index is 0. The summed E-state index contributed by atoms with van der Waals surface area (Å²) in [5, 5.41) is 0. The van der Waals surface area contributed by atoms with Crippen LogP contribution in [0.4, 0.5) is 0 Å². The molecule has 0 aromatic heterocycles. The normalized spacial score (nSPS) is 8.57. The zero-order valence-electron chi connectivity index (χ0n) is 3.00. The van der Waals surface area contributed by atoms with Crippen LogP contribution in [0.3, 0.4) is 0 Å². The zero-order chi connectivity index (χ0) is 4.50. The number of hydrogen-bond donors (Lipinski definition) is 4. The Morgan fingerprint density at radius 2 is 0.857 bits per heavy atom. The maximum Gasteiger partial charge on any atom is 0 e.